The number of para-hydroxylation sites is 1. The molecule has 2 rings (SSSR count). The van der Waals surface area contributed by atoms with Crippen molar-refractivity contribution >= 4 is 5.91 Å². The Hall–Kier alpha value is -1.55. The van der Waals surface area contributed by atoms with Gasteiger partial charge in [-0.1, -0.05) is 39.0 Å². The van der Waals surface area contributed by atoms with E-state index in [4.69, 9.17) is 4.74 Å². The average Bonchev–Trinajstić information content (AvgIpc) is 3.23. The van der Waals surface area contributed by atoms with E-state index >= 15 is 0 Å². The second-order valence-electron chi connectivity index (χ2n) is 6.97. The molecule has 0 atom stereocenters. The summed E-state index contributed by atoms with van der Waals surface area (Å²) in [6.07, 6.45) is 1.97. The summed E-state index contributed by atoms with van der Waals surface area (Å²) in [6, 6.07) is 7.81. The average molecular weight is 291 g/mol. The van der Waals surface area contributed by atoms with E-state index in [-0.39, 0.29) is 30.0 Å². The standard InChI is InChI=1S/C17H25NO3/c1-16(2,3)13-6-4-5-7-14(13)21-10-15(20)18-11-17(12-19)8-9-17/h4-7,19H,8-12H2,1-3H3,(H,18,20). The third kappa shape index (κ3) is 4.21. The fraction of sp³-hybridized carbons (Fsp3) is 0.588. The maximum absolute atomic E-state index is 11.8. The van der Waals surface area contributed by atoms with E-state index in [1.807, 2.05) is 24.3 Å². The number of carbonyl (C=O) groups excluding carboxylic acids is 1. The molecule has 1 aromatic carbocycles. The summed E-state index contributed by atoms with van der Waals surface area (Å²) >= 11 is 0. The molecule has 0 radical (unpaired) electrons. The quantitative estimate of drug-likeness (QED) is 0.845. The van der Waals surface area contributed by atoms with Gasteiger partial charge in [0.25, 0.3) is 5.91 Å². The van der Waals surface area contributed by atoms with E-state index in [1.54, 1.807) is 0 Å². The Bertz CT molecular complexity index is 501. The Balaban J connectivity index is 1.87. The number of ether oxygens (including phenoxy) is 1. The van der Waals surface area contributed by atoms with Crippen molar-refractivity contribution in [2.24, 2.45) is 5.41 Å². The summed E-state index contributed by atoms with van der Waals surface area (Å²) in [5.74, 6) is 0.613. The molecule has 1 aliphatic rings. The van der Waals surface area contributed by atoms with Crippen molar-refractivity contribution in [1.82, 2.24) is 5.32 Å². The highest BCUT2D eigenvalue weighted by Crippen LogP contribution is 2.44. The Morgan fingerprint density at radius 3 is 2.57 bits per heavy atom. The maximum Gasteiger partial charge on any atom is 0.257 e. The van der Waals surface area contributed by atoms with Crippen LogP contribution in [-0.2, 0) is 10.2 Å². The number of carbonyl (C=O) groups is 1. The lowest BCUT2D eigenvalue weighted by molar-refractivity contribution is -0.123. The van der Waals surface area contributed by atoms with E-state index in [2.05, 4.69) is 26.1 Å². The van der Waals surface area contributed by atoms with Gasteiger partial charge in [-0.15, -0.1) is 0 Å². The summed E-state index contributed by atoms with van der Waals surface area (Å²) in [5.41, 5.74) is 0.993. The zero-order chi connectivity index (χ0) is 15.5. The van der Waals surface area contributed by atoms with Gasteiger partial charge in [0.05, 0.1) is 6.61 Å². The van der Waals surface area contributed by atoms with Crippen LogP contribution in [0.5, 0.6) is 5.75 Å². The first-order valence-electron chi connectivity index (χ1n) is 7.46. The van der Waals surface area contributed by atoms with Crippen LogP contribution in [0.4, 0.5) is 0 Å². The molecule has 0 bridgehead atoms. The van der Waals surface area contributed by atoms with Crippen molar-refractivity contribution < 1.29 is 14.6 Å². The van der Waals surface area contributed by atoms with Gasteiger partial charge in [-0.3, -0.25) is 4.79 Å². The predicted octanol–water partition coefficient (Wildman–Crippen LogP) is 2.25. The van der Waals surface area contributed by atoms with Gasteiger partial charge in [-0.2, -0.15) is 0 Å². The molecule has 4 heteroatoms. The minimum Gasteiger partial charge on any atom is -0.483 e. The van der Waals surface area contributed by atoms with Gasteiger partial charge in [0.1, 0.15) is 5.75 Å². The lowest BCUT2D eigenvalue weighted by Crippen LogP contribution is -2.35. The van der Waals surface area contributed by atoms with E-state index in [9.17, 15) is 9.90 Å². The van der Waals surface area contributed by atoms with Crippen LogP contribution >= 0.6 is 0 Å². The molecule has 21 heavy (non-hydrogen) atoms. The molecule has 1 saturated carbocycles. The van der Waals surface area contributed by atoms with Crippen molar-refractivity contribution in [3.05, 3.63) is 29.8 Å². The summed E-state index contributed by atoms with van der Waals surface area (Å²) in [5, 5.41) is 12.1. The molecule has 1 aliphatic carbocycles. The van der Waals surface area contributed by atoms with Crippen LogP contribution in [0, 0.1) is 5.41 Å². The van der Waals surface area contributed by atoms with Crippen LogP contribution in [0.25, 0.3) is 0 Å². The maximum atomic E-state index is 11.8. The molecule has 0 spiro atoms. The number of aliphatic hydroxyl groups excluding tert-OH is 1. The SMILES string of the molecule is CC(C)(C)c1ccccc1OCC(=O)NCC1(CO)CC1. The summed E-state index contributed by atoms with van der Waals surface area (Å²) in [7, 11) is 0. The molecule has 1 fully saturated rings. The molecule has 1 amide bonds. The second-order valence-corrected chi connectivity index (χ2v) is 6.97. The highest BCUT2D eigenvalue weighted by molar-refractivity contribution is 5.77. The molecule has 0 saturated heterocycles. The van der Waals surface area contributed by atoms with Crippen LogP contribution < -0.4 is 10.1 Å². The van der Waals surface area contributed by atoms with Crippen molar-refractivity contribution in [3.8, 4) is 5.75 Å². The highest BCUT2D eigenvalue weighted by Gasteiger charge is 2.42. The summed E-state index contributed by atoms with van der Waals surface area (Å²) in [6.45, 7) is 7.04. The lowest BCUT2D eigenvalue weighted by Gasteiger charge is -2.22. The van der Waals surface area contributed by atoms with Gasteiger partial charge >= 0.3 is 0 Å². The van der Waals surface area contributed by atoms with Gasteiger partial charge < -0.3 is 15.2 Å². The smallest absolute Gasteiger partial charge is 0.257 e. The van der Waals surface area contributed by atoms with Gasteiger partial charge in [0, 0.05) is 12.0 Å². The summed E-state index contributed by atoms with van der Waals surface area (Å²) in [4.78, 5) is 11.8. The molecule has 0 heterocycles. The molecular formula is C17H25NO3. The largest absolute Gasteiger partial charge is 0.483 e. The first kappa shape index (κ1) is 15.8. The first-order chi connectivity index (χ1) is 9.86. The monoisotopic (exact) mass is 291 g/mol. The number of amides is 1. The third-order valence-corrected chi connectivity index (χ3v) is 4.01. The van der Waals surface area contributed by atoms with Gasteiger partial charge in [-0.25, -0.2) is 0 Å². The Labute approximate surface area is 126 Å². The molecule has 116 valence electrons. The Morgan fingerprint density at radius 2 is 2.00 bits per heavy atom. The normalized spacial score (nSPS) is 16.4. The van der Waals surface area contributed by atoms with E-state index in [1.165, 1.54) is 0 Å². The number of hydrogen-bond donors (Lipinski definition) is 2. The molecule has 0 unspecified atom stereocenters. The topological polar surface area (TPSA) is 58.6 Å². The van der Waals surface area contributed by atoms with Gasteiger partial charge in [0.15, 0.2) is 6.61 Å². The van der Waals surface area contributed by atoms with Crippen LogP contribution in [0.2, 0.25) is 0 Å². The zero-order valence-electron chi connectivity index (χ0n) is 13.1. The van der Waals surface area contributed by atoms with E-state index in [0.29, 0.717) is 6.54 Å². The van der Waals surface area contributed by atoms with Gasteiger partial charge in [0.2, 0.25) is 0 Å². The van der Waals surface area contributed by atoms with Crippen molar-refractivity contribution in [3.63, 3.8) is 0 Å². The minimum atomic E-state index is -0.140. The molecule has 0 aromatic heterocycles. The van der Waals surface area contributed by atoms with E-state index in [0.717, 1.165) is 24.2 Å². The molecular weight excluding hydrogens is 266 g/mol. The van der Waals surface area contributed by atoms with Crippen molar-refractivity contribution in [2.75, 3.05) is 19.8 Å². The lowest BCUT2D eigenvalue weighted by atomic mass is 9.86. The molecule has 1 aromatic rings. The fourth-order valence-corrected chi connectivity index (χ4v) is 2.26. The van der Waals surface area contributed by atoms with Crippen LogP contribution in [0.1, 0.15) is 39.2 Å². The third-order valence-electron chi connectivity index (χ3n) is 4.01. The first-order valence-corrected chi connectivity index (χ1v) is 7.46. The minimum absolute atomic E-state index is 0.00853. The van der Waals surface area contributed by atoms with E-state index < -0.39 is 0 Å². The molecule has 4 nitrogen and oxygen atoms in total. The zero-order valence-corrected chi connectivity index (χ0v) is 13.1. The second kappa shape index (κ2) is 6.06. The predicted molar refractivity (Wildman–Crippen MR) is 82.4 cm³/mol. The summed E-state index contributed by atoms with van der Waals surface area (Å²) < 4.78 is 5.67. The van der Waals surface area contributed by atoms with Crippen molar-refractivity contribution in [1.29, 1.82) is 0 Å². The Kier molecular flexibility index (Phi) is 4.57. The highest BCUT2D eigenvalue weighted by atomic mass is 16.5. The Morgan fingerprint density at radius 1 is 1.33 bits per heavy atom. The molecule has 0 aliphatic heterocycles. The molecule has 2 N–H and O–H groups in total. The van der Waals surface area contributed by atoms with Crippen LogP contribution in [0.3, 0.4) is 0 Å². The number of hydrogen-bond acceptors (Lipinski definition) is 3. The number of rotatable bonds is 6. The van der Waals surface area contributed by atoms with Gasteiger partial charge in [-0.05, 0) is 29.9 Å². The van der Waals surface area contributed by atoms with Crippen LogP contribution in [-0.4, -0.2) is 30.8 Å². The number of benzene rings is 1. The number of aliphatic hydroxyl groups is 1. The van der Waals surface area contributed by atoms with Crippen LogP contribution in [0.15, 0.2) is 24.3 Å². The fourth-order valence-electron chi connectivity index (χ4n) is 2.26. The van der Waals surface area contributed by atoms with Crippen molar-refractivity contribution in [2.45, 2.75) is 39.0 Å². The number of nitrogens with one attached hydrogen (secondary N) is 1.